The molecule has 0 aliphatic carbocycles. The number of aromatic nitrogens is 2. The summed E-state index contributed by atoms with van der Waals surface area (Å²) >= 11 is 1.20. The lowest BCUT2D eigenvalue weighted by Crippen LogP contribution is -2.66. The molecular weight excluding hydrogens is 478 g/mol. The number of carbonyl (C=O) groups excluding carboxylic acids is 3. The predicted molar refractivity (Wildman–Crippen MR) is 124 cm³/mol. The van der Waals surface area contributed by atoms with Gasteiger partial charge in [0.15, 0.2) is 5.78 Å². The van der Waals surface area contributed by atoms with Crippen LogP contribution in [0.5, 0.6) is 0 Å². The van der Waals surface area contributed by atoms with Crippen LogP contribution in [0.15, 0.2) is 18.2 Å². The molecule has 12 heteroatoms. The lowest BCUT2D eigenvalue weighted by atomic mass is 9.66. The highest BCUT2D eigenvalue weighted by Crippen LogP contribution is 2.59. The number of amides is 1. The molecule has 2 aliphatic heterocycles. The van der Waals surface area contributed by atoms with Crippen LogP contribution in [-0.2, 0) is 19.1 Å². The van der Waals surface area contributed by atoms with Gasteiger partial charge in [0.1, 0.15) is 22.5 Å². The van der Waals surface area contributed by atoms with E-state index in [2.05, 4.69) is 4.98 Å². The summed E-state index contributed by atoms with van der Waals surface area (Å²) in [5.41, 5.74) is -0.505. The van der Waals surface area contributed by atoms with Crippen LogP contribution < -0.4 is 0 Å². The van der Waals surface area contributed by atoms with Crippen LogP contribution in [0.25, 0.3) is 10.4 Å². The molecule has 4 heterocycles. The third-order valence-electron chi connectivity index (χ3n) is 6.53. The second-order valence-corrected chi connectivity index (χ2v) is 10.4. The smallest absolute Gasteiger partial charge is 0.477 e. The first-order chi connectivity index (χ1) is 16.4. The highest BCUT2D eigenvalue weighted by molar-refractivity contribution is 7.18. The number of carbonyl (C=O) groups is 4. The number of carboxylic acids is 1. The molecule has 1 saturated heterocycles. The lowest BCUT2D eigenvalue weighted by molar-refractivity contribution is -0.167. The summed E-state index contributed by atoms with van der Waals surface area (Å²) in [4.78, 5) is 55.7. The number of fused-ring (bicyclic) bond motifs is 2. The van der Waals surface area contributed by atoms with Gasteiger partial charge in [-0.1, -0.05) is 6.92 Å². The number of Topliss-reactive ketones (excluding diaryl/α,β-unsaturated/α-hetero) is 1. The molecule has 35 heavy (non-hydrogen) atoms. The summed E-state index contributed by atoms with van der Waals surface area (Å²) in [7, 11) is 0. The van der Waals surface area contributed by atoms with Crippen LogP contribution in [0.3, 0.4) is 0 Å². The van der Waals surface area contributed by atoms with Gasteiger partial charge in [-0.2, -0.15) is 0 Å². The molecule has 2 N–H and O–H groups in total. The second-order valence-electron chi connectivity index (χ2n) is 9.34. The summed E-state index contributed by atoms with van der Waals surface area (Å²) in [6, 6.07) is -0.646. The molecule has 0 spiro atoms. The van der Waals surface area contributed by atoms with Crippen LogP contribution in [0.2, 0.25) is 0 Å². The zero-order valence-corrected chi connectivity index (χ0v) is 20.8. The Kier molecular flexibility index (Phi) is 6.22. The van der Waals surface area contributed by atoms with Crippen LogP contribution in [0, 0.1) is 11.3 Å². The van der Waals surface area contributed by atoms with Crippen LogP contribution >= 0.6 is 11.3 Å². The zero-order valence-electron chi connectivity index (χ0n) is 20.0. The Bertz CT molecular complexity index is 1260. The monoisotopic (exact) mass is 505 g/mol. The quantitative estimate of drug-likeness (QED) is 0.314. The fraction of sp³-hybridized carbons (Fsp3) is 0.522. The average molecular weight is 506 g/mol. The van der Waals surface area contributed by atoms with Gasteiger partial charge in [-0.3, -0.25) is 14.0 Å². The number of β-lactam (4-membered cyclic amide) rings is 1. The van der Waals surface area contributed by atoms with Crippen molar-refractivity contribution in [3.05, 3.63) is 28.8 Å². The van der Waals surface area contributed by atoms with Gasteiger partial charge >= 0.3 is 12.1 Å². The van der Waals surface area contributed by atoms with E-state index < -0.39 is 41.5 Å². The number of nitrogens with zero attached hydrogens (tertiary/aromatic N) is 3. The number of rotatable bonds is 8. The van der Waals surface area contributed by atoms with Crippen molar-refractivity contribution in [1.82, 2.24) is 14.3 Å². The predicted octanol–water partition coefficient (Wildman–Crippen LogP) is 2.57. The van der Waals surface area contributed by atoms with Crippen molar-refractivity contribution in [2.45, 2.75) is 59.3 Å². The molecule has 2 aromatic heterocycles. The van der Waals surface area contributed by atoms with Crippen molar-refractivity contribution in [3.63, 3.8) is 0 Å². The van der Waals surface area contributed by atoms with Gasteiger partial charge in [-0.15, -0.1) is 11.3 Å². The summed E-state index contributed by atoms with van der Waals surface area (Å²) in [5, 5.41) is 20.5. The van der Waals surface area contributed by atoms with E-state index in [0.29, 0.717) is 15.3 Å². The summed E-state index contributed by atoms with van der Waals surface area (Å²) < 4.78 is 11.9. The molecule has 188 valence electrons. The summed E-state index contributed by atoms with van der Waals surface area (Å²) in [6.45, 7) is 7.98. The Labute approximate surface area is 204 Å². The first kappa shape index (κ1) is 24.9. The van der Waals surface area contributed by atoms with Gasteiger partial charge in [-0.25, -0.2) is 14.6 Å². The largest absolute Gasteiger partial charge is 0.508 e. The Morgan fingerprint density at radius 3 is 2.54 bits per heavy atom. The number of aliphatic hydroxyl groups is 1. The van der Waals surface area contributed by atoms with E-state index in [0.717, 1.165) is 0 Å². The molecule has 0 radical (unpaired) electrons. The molecule has 1 fully saturated rings. The normalized spacial score (nSPS) is 24.5. The number of ketones is 1. The minimum absolute atomic E-state index is 0.0893. The molecule has 2 aliphatic rings. The SMILES string of the molecule is CC(=O)c1ncn2cc(C3=C(C(=O)O)N4C(=O)[C@H]([C@@H](C)O)[C@@H]4[C@@]3(C)CCOC(=O)OC(C)C)sc12. The summed E-state index contributed by atoms with van der Waals surface area (Å²) in [5.74, 6) is -2.80. The van der Waals surface area contributed by atoms with E-state index in [4.69, 9.17) is 9.47 Å². The molecule has 4 atom stereocenters. The molecule has 0 aromatic carbocycles. The maximum absolute atomic E-state index is 12.9. The Morgan fingerprint density at radius 2 is 1.97 bits per heavy atom. The molecule has 0 unspecified atom stereocenters. The standard InChI is InChI=1S/C23H27N3O8S/c1-10(2)34-22(32)33-7-6-23(5)15(13-8-25-9-24-16(12(4)28)20(25)35-13)17(21(30)31)26-18(23)14(11(3)27)19(26)29/h8-11,14,18,27H,6-7H2,1-5H3,(H,30,31)/t11-,14-,18-,23+/m1/s1. The van der Waals surface area contributed by atoms with Gasteiger partial charge < -0.3 is 24.6 Å². The number of thiazole rings is 1. The minimum atomic E-state index is -1.28. The topological polar surface area (TPSA) is 148 Å². The maximum Gasteiger partial charge on any atom is 0.508 e. The first-order valence-corrected chi connectivity index (χ1v) is 12.0. The van der Waals surface area contributed by atoms with Crippen molar-refractivity contribution in [3.8, 4) is 0 Å². The van der Waals surface area contributed by atoms with Gasteiger partial charge in [-0.05, 0) is 27.2 Å². The molecule has 0 bridgehead atoms. The second kappa shape index (κ2) is 8.76. The van der Waals surface area contributed by atoms with E-state index in [1.54, 1.807) is 31.4 Å². The number of carboxylic acid groups (broad SMARTS) is 1. The summed E-state index contributed by atoms with van der Waals surface area (Å²) in [6.07, 6.45) is 1.12. The lowest BCUT2D eigenvalue weighted by Gasteiger charge is -2.50. The van der Waals surface area contributed by atoms with Crippen molar-refractivity contribution < 1.29 is 38.9 Å². The third-order valence-corrected chi connectivity index (χ3v) is 7.66. The van der Waals surface area contributed by atoms with E-state index in [1.165, 1.54) is 36.4 Å². The molecule has 0 saturated carbocycles. The van der Waals surface area contributed by atoms with E-state index >= 15 is 0 Å². The molecular formula is C23H27N3O8S. The highest BCUT2D eigenvalue weighted by atomic mass is 32.1. The van der Waals surface area contributed by atoms with Crippen LogP contribution in [0.4, 0.5) is 4.79 Å². The van der Waals surface area contributed by atoms with E-state index in [9.17, 15) is 29.4 Å². The Morgan fingerprint density at radius 1 is 1.29 bits per heavy atom. The maximum atomic E-state index is 12.9. The minimum Gasteiger partial charge on any atom is -0.477 e. The number of hydrogen-bond acceptors (Lipinski definition) is 9. The van der Waals surface area contributed by atoms with Gasteiger partial charge in [0.25, 0.3) is 0 Å². The molecule has 1 amide bonds. The van der Waals surface area contributed by atoms with Gasteiger partial charge in [0.2, 0.25) is 5.91 Å². The van der Waals surface area contributed by atoms with Crippen molar-refractivity contribution in [2.75, 3.05) is 6.61 Å². The number of imidazole rings is 1. The third kappa shape index (κ3) is 3.90. The van der Waals surface area contributed by atoms with Gasteiger partial charge in [0, 0.05) is 24.1 Å². The molecule has 2 aromatic rings. The van der Waals surface area contributed by atoms with E-state index in [-0.39, 0.29) is 36.3 Å². The van der Waals surface area contributed by atoms with Crippen molar-refractivity contribution in [2.24, 2.45) is 11.3 Å². The van der Waals surface area contributed by atoms with Crippen molar-refractivity contribution in [1.29, 1.82) is 0 Å². The first-order valence-electron chi connectivity index (χ1n) is 11.2. The Balaban J connectivity index is 1.80. The number of ether oxygens (including phenoxy) is 2. The number of hydrogen-bond donors (Lipinski definition) is 2. The van der Waals surface area contributed by atoms with Crippen LogP contribution in [0.1, 0.15) is 56.4 Å². The fourth-order valence-corrected chi connectivity index (χ4v) is 6.37. The molecule has 4 rings (SSSR count). The average Bonchev–Trinajstić information content (AvgIpc) is 3.35. The number of aliphatic hydroxyl groups excluding tert-OH is 1. The van der Waals surface area contributed by atoms with Crippen molar-refractivity contribution >= 4 is 45.6 Å². The zero-order chi connectivity index (χ0) is 25.8. The fourth-order valence-electron chi connectivity index (χ4n) is 5.06. The van der Waals surface area contributed by atoms with Gasteiger partial charge in [0.05, 0.1) is 35.7 Å². The Hall–Kier alpha value is -3.25. The molecule has 11 nitrogen and oxygen atoms in total. The van der Waals surface area contributed by atoms with E-state index in [1.807, 2.05) is 0 Å². The number of aliphatic carboxylic acids is 1. The highest BCUT2D eigenvalue weighted by Gasteiger charge is 2.66. The van der Waals surface area contributed by atoms with Crippen LogP contribution in [-0.4, -0.2) is 73.2 Å².